The number of hydrogen-bond donors (Lipinski definition) is 2. The first-order chi connectivity index (χ1) is 17.2. The van der Waals surface area contributed by atoms with Gasteiger partial charge in [0.2, 0.25) is 15.9 Å². The second-order valence-corrected chi connectivity index (χ2v) is 11.5. The molecule has 0 bridgehead atoms. The van der Waals surface area contributed by atoms with E-state index in [-0.39, 0.29) is 23.4 Å². The molecule has 9 heteroatoms. The maximum atomic E-state index is 13.3. The van der Waals surface area contributed by atoms with E-state index in [0.29, 0.717) is 31.9 Å². The molecule has 0 saturated carbocycles. The largest absolute Gasteiger partial charge is 0.390 e. The van der Waals surface area contributed by atoms with Crippen molar-refractivity contribution in [3.8, 4) is 11.1 Å². The molecule has 1 fully saturated rings. The van der Waals surface area contributed by atoms with Crippen molar-refractivity contribution in [2.45, 2.75) is 50.4 Å². The van der Waals surface area contributed by atoms with Crippen LogP contribution in [0.5, 0.6) is 0 Å². The number of anilines is 1. The Hall–Kier alpha value is -3.27. The highest BCUT2D eigenvalue weighted by Gasteiger charge is 2.35. The summed E-state index contributed by atoms with van der Waals surface area (Å²) in [4.78, 5) is 18.0. The fraction of sp³-hybridized carbons (Fsp3) is 0.333. The Morgan fingerprint density at radius 1 is 1.03 bits per heavy atom. The van der Waals surface area contributed by atoms with Crippen LogP contribution >= 0.6 is 0 Å². The van der Waals surface area contributed by atoms with Gasteiger partial charge in [0, 0.05) is 39.3 Å². The number of aromatic nitrogens is 1. The van der Waals surface area contributed by atoms with Crippen LogP contribution in [0.3, 0.4) is 0 Å². The molecule has 2 aromatic carbocycles. The van der Waals surface area contributed by atoms with Crippen molar-refractivity contribution in [2.75, 3.05) is 18.4 Å². The molecule has 1 saturated heterocycles. The summed E-state index contributed by atoms with van der Waals surface area (Å²) in [5, 5.41) is 13.9. The van der Waals surface area contributed by atoms with Crippen molar-refractivity contribution in [3.63, 3.8) is 0 Å². The van der Waals surface area contributed by atoms with E-state index in [1.54, 1.807) is 42.3 Å². The lowest BCUT2D eigenvalue weighted by Crippen LogP contribution is -2.51. The van der Waals surface area contributed by atoms with Crippen molar-refractivity contribution in [1.82, 2.24) is 14.2 Å². The molecule has 0 aliphatic carbocycles. The van der Waals surface area contributed by atoms with Gasteiger partial charge in [-0.05, 0) is 65.4 Å². The highest BCUT2D eigenvalue weighted by Crippen LogP contribution is 2.30. The van der Waals surface area contributed by atoms with E-state index in [4.69, 9.17) is 0 Å². The highest BCUT2D eigenvalue weighted by atomic mass is 32.2. The van der Waals surface area contributed by atoms with Gasteiger partial charge in [-0.15, -0.1) is 0 Å². The van der Waals surface area contributed by atoms with E-state index in [1.807, 2.05) is 31.2 Å². The summed E-state index contributed by atoms with van der Waals surface area (Å²) < 4.78 is 27.9. The van der Waals surface area contributed by atoms with E-state index < -0.39 is 16.1 Å². The summed E-state index contributed by atoms with van der Waals surface area (Å²) in [6.45, 7) is 5.08. The molecule has 5 rings (SSSR count). The summed E-state index contributed by atoms with van der Waals surface area (Å²) in [6.07, 6.45) is 1.37. The van der Waals surface area contributed by atoms with Gasteiger partial charge in [0.15, 0.2) is 0 Å². The number of hydrogen-bond acceptors (Lipinski definition) is 6. The molecule has 2 N–H and O–H groups in total. The molecule has 2 aliphatic rings. The van der Waals surface area contributed by atoms with Crippen molar-refractivity contribution >= 4 is 21.7 Å². The number of nitrogens with zero attached hydrogens (tertiary/aromatic N) is 3. The van der Waals surface area contributed by atoms with Crippen molar-refractivity contribution in [2.24, 2.45) is 0 Å². The molecular formula is C27H30N4O4S. The summed E-state index contributed by atoms with van der Waals surface area (Å²) in [7, 11) is -3.74. The molecule has 1 amide bonds. The molecule has 2 atom stereocenters. The Balaban J connectivity index is 1.26. The third kappa shape index (κ3) is 4.86. The average molecular weight is 507 g/mol. The first-order valence-corrected chi connectivity index (χ1v) is 13.5. The zero-order valence-electron chi connectivity index (χ0n) is 20.4. The number of rotatable bonds is 5. The fourth-order valence-electron chi connectivity index (χ4n) is 4.80. The third-order valence-corrected chi connectivity index (χ3v) is 8.87. The molecule has 3 aromatic rings. The number of benzene rings is 2. The van der Waals surface area contributed by atoms with E-state index in [9.17, 15) is 18.3 Å². The summed E-state index contributed by atoms with van der Waals surface area (Å²) in [5.41, 5.74) is 5.19. The fourth-order valence-corrected chi connectivity index (χ4v) is 6.27. The monoisotopic (exact) mass is 506 g/mol. The molecule has 8 nitrogen and oxygen atoms in total. The SMILES string of the molecule is CC(=O)N1Cc2ccc(-c3ccc(S(=O)(=O)N4CC[C@@H](Nc5ccc(C)cn5)[C@@H](O)C4)cc3)cc2C1. The maximum absolute atomic E-state index is 13.3. The summed E-state index contributed by atoms with van der Waals surface area (Å²) in [6, 6.07) is 16.5. The van der Waals surface area contributed by atoms with Gasteiger partial charge in [0.25, 0.3) is 0 Å². The van der Waals surface area contributed by atoms with Crippen LogP contribution in [-0.2, 0) is 27.9 Å². The molecule has 3 heterocycles. The maximum Gasteiger partial charge on any atom is 0.243 e. The second kappa shape index (κ2) is 9.65. The van der Waals surface area contributed by atoms with Crippen molar-refractivity contribution in [1.29, 1.82) is 0 Å². The topological polar surface area (TPSA) is 103 Å². The molecule has 1 aromatic heterocycles. The van der Waals surface area contributed by atoms with Gasteiger partial charge >= 0.3 is 0 Å². The number of aryl methyl sites for hydroxylation is 1. The predicted octanol–water partition coefficient (Wildman–Crippen LogP) is 3.16. The van der Waals surface area contributed by atoms with Crippen LogP contribution in [0.4, 0.5) is 5.82 Å². The Morgan fingerprint density at radius 3 is 2.42 bits per heavy atom. The Morgan fingerprint density at radius 2 is 1.75 bits per heavy atom. The zero-order chi connectivity index (χ0) is 25.4. The van der Waals surface area contributed by atoms with Crippen LogP contribution in [-0.4, -0.2) is 58.9 Å². The number of pyridine rings is 1. The summed E-state index contributed by atoms with van der Waals surface area (Å²) >= 11 is 0. The first kappa shape index (κ1) is 24.4. The van der Waals surface area contributed by atoms with Crippen LogP contribution in [0.1, 0.15) is 30.0 Å². The van der Waals surface area contributed by atoms with Gasteiger partial charge in [0.1, 0.15) is 5.82 Å². The van der Waals surface area contributed by atoms with Gasteiger partial charge in [-0.25, -0.2) is 13.4 Å². The summed E-state index contributed by atoms with van der Waals surface area (Å²) in [5.74, 6) is 0.719. The van der Waals surface area contributed by atoms with Gasteiger partial charge in [-0.3, -0.25) is 4.79 Å². The number of sulfonamides is 1. The van der Waals surface area contributed by atoms with Crippen LogP contribution < -0.4 is 5.32 Å². The van der Waals surface area contributed by atoms with Gasteiger partial charge < -0.3 is 15.3 Å². The minimum Gasteiger partial charge on any atom is -0.390 e. The smallest absolute Gasteiger partial charge is 0.243 e. The number of aliphatic hydroxyl groups is 1. The Kier molecular flexibility index (Phi) is 6.55. The molecule has 188 valence electrons. The Labute approximate surface area is 211 Å². The van der Waals surface area contributed by atoms with Crippen LogP contribution in [0, 0.1) is 6.92 Å². The average Bonchev–Trinajstić information content (AvgIpc) is 3.30. The zero-order valence-corrected chi connectivity index (χ0v) is 21.2. The predicted molar refractivity (Wildman–Crippen MR) is 138 cm³/mol. The normalized spacial score (nSPS) is 20.2. The molecule has 2 aliphatic heterocycles. The van der Waals surface area contributed by atoms with Crippen LogP contribution in [0.25, 0.3) is 11.1 Å². The third-order valence-electron chi connectivity index (χ3n) is 6.99. The lowest BCUT2D eigenvalue weighted by Gasteiger charge is -2.35. The van der Waals surface area contributed by atoms with E-state index in [0.717, 1.165) is 27.8 Å². The van der Waals surface area contributed by atoms with Gasteiger partial charge in [-0.1, -0.05) is 30.3 Å². The molecule has 0 spiro atoms. The van der Waals surface area contributed by atoms with Gasteiger partial charge in [-0.2, -0.15) is 4.31 Å². The number of fused-ring (bicyclic) bond motifs is 1. The van der Waals surface area contributed by atoms with Crippen LogP contribution in [0.15, 0.2) is 65.7 Å². The number of carbonyl (C=O) groups excluding carboxylic acids is 1. The molecule has 36 heavy (non-hydrogen) atoms. The van der Waals surface area contributed by atoms with E-state index >= 15 is 0 Å². The standard InChI is InChI=1S/C27H30N4O4S/c1-18-3-10-27(28-14-18)29-25-11-12-31(17-26(25)33)36(34,35)24-8-6-20(7-9-24)21-4-5-22-15-30(19(2)32)16-23(22)13-21/h3-10,13-14,25-26,33H,11-12,15-17H2,1-2H3,(H,28,29)/t25-,26+/m1/s1. The minimum atomic E-state index is -3.74. The van der Waals surface area contributed by atoms with Crippen LogP contribution in [0.2, 0.25) is 0 Å². The number of aliphatic hydroxyl groups excluding tert-OH is 1. The molecule has 0 unspecified atom stereocenters. The lowest BCUT2D eigenvalue weighted by atomic mass is 10.0. The minimum absolute atomic E-state index is 0.0189. The van der Waals surface area contributed by atoms with E-state index in [1.165, 1.54) is 4.31 Å². The molecular weight excluding hydrogens is 476 g/mol. The number of amides is 1. The van der Waals surface area contributed by atoms with Crippen molar-refractivity contribution < 1.29 is 18.3 Å². The number of carbonyl (C=O) groups is 1. The Bertz CT molecular complexity index is 1370. The first-order valence-electron chi connectivity index (χ1n) is 12.1. The number of β-amino-alcohol motifs (C(OH)–C–C–N with tert-alkyl or cyclic N) is 1. The highest BCUT2D eigenvalue weighted by molar-refractivity contribution is 7.89. The van der Waals surface area contributed by atoms with Crippen molar-refractivity contribution in [3.05, 3.63) is 77.5 Å². The quantitative estimate of drug-likeness (QED) is 0.551. The number of piperidine rings is 1. The lowest BCUT2D eigenvalue weighted by molar-refractivity contribution is -0.129. The molecule has 0 radical (unpaired) electrons. The number of nitrogens with one attached hydrogen (secondary N) is 1. The second-order valence-electron chi connectivity index (χ2n) is 9.57. The van der Waals surface area contributed by atoms with Gasteiger partial charge in [0.05, 0.1) is 17.0 Å². The van der Waals surface area contributed by atoms with E-state index in [2.05, 4.69) is 16.4 Å².